The molecule has 2 rings (SSSR count). The Bertz CT molecular complexity index is 574. The zero-order valence-electron chi connectivity index (χ0n) is 16.1. The number of likely N-dealkylation sites (tertiary alicyclic amines) is 1. The van der Waals surface area contributed by atoms with Crippen molar-refractivity contribution in [3.63, 3.8) is 0 Å². The molecule has 1 unspecified atom stereocenters. The van der Waals surface area contributed by atoms with Gasteiger partial charge in [0.15, 0.2) is 0 Å². The van der Waals surface area contributed by atoms with E-state index in [1.807, 2.05) is 12.1 Å². The van der Waals surface area contributed by atoms with Crippen LogP contribution in [0.4, 0.5) is 0 Å². The van der Waals surface area contributed by atoms with Gasteiger partial charge < -0.3 is 30.0 Å². The third-order valence-corrected chi connectivity index (χ3v) is 4.14. The number of hydrogen-bond donors (Lipinski definition) is 4. The van der Waals surface area contributed by atoms with E-state index in [0.29, 0.717) is 26.2 Å². The van der Waals surface area contributed by atoms with Crippen molar-refractivity contribution in [1.29, 1.82) is 0 Å². The summed E-state index contributed by atoms with van der Waals surface area (Å²) in [5.74, 6) is -2.69. The number of rotatable bonds is 9. The van der Waals surface area contributed by atoms with E-state index >= 15 is 0 Å². The van der Waals surface area contributed by atoms with Crippen LogP contribution in [0.15, 0.2) is 22.8 Å². The number of carbonyl (C=O) groups excluding carboxylic acids is 1. The van der Waals surface area contributed by atoms with Gasteiger partial charge in [-0.15, -0.1) is 0 Å². The minimum atomic E-state index is -1.82. The fourth-order valence-electron chi connectivity index (χ4n) is 2.80. The molecule has 1 aromatic heterocycles. The molecule has 4 N–H and O–H groups in total. The molecule has 1 saturated heterocycles. The minimum absolute atomic E-state index is 0.00566. The van der Waals surface area contributed by atoms with Crippen molar-refractivity contribution >= 4 is 17.8 Å². The Morgan fingerprint density at radius 2 is 1.89 bits per heavy atom. The molecular weight excluding hydrogens is 370 g/mol. The SMILES string of the molecule is COCCNC(=O)CNCC(c1ccco1)N1CCCCC1.O=C(O)C(=O)O. The Morgan fingerprint density at radius 3 is 2.43 bits per heavy atom. The Kier molecular flexibility index (Phi) is 11.5. The van der Waals surface area contributed by atoms with Crippen molar-refractivity contribution in [3.8, 4) is 0 Å². The van der Waals surface area contributed by atoms with Gasteiger partial charge in [-0.05, 0) is 38.1 Å². The molecule has 0 aliphatic carbocycles. The van der Waals surface area contributed by atoms with Crippen LogP contribution >= 0.6 is 0 Å². The number of aliphatic carboxylic acids is 2. The molecule has 10 nitrogen and oxygen atoms in total. The lowest BCUT2D eigenvalue weighted by molar-refractivity contribution is -0.159. The molecule has 0 aromatic carbocycles. The van der Waals surface area contributed by atoms with Crippen LogP contribution in [-0.4, -0.2) is 79.4 Å². The van der Waals surface area contributed by atoms with Gasteiger partial charge in [0.25, 0.3) is 0 Å². The molecule has 10 heteroatoms. The molecule has 0 spiro atoms. The van der Waals surface area contributed by atoms with E-state index in [-0.39, 0.29) is 11.9 Å². The van der Waals surface area contributed by atoms with Crippen LogP contribution in [0.2, 0.25) is 0 Å². The van der Waals surface area contributed by atoms with Crippen molar-refractivity contribution < 1.29 is 33.8 Å². The van der Waals surface area contributed by atoms with Gasteiger partial charge in [0.2, 0.25) is 5.91 Å². The highest BCUT2D eigenvalue weighted by Gasteiger charge is 2.24. The molecule has 1 fully saturated rings. The highest BCUT2D eigenvalue weighted by atomic mass is 16.5. The Labute approximate surface area is 163 Å². The van der Waals surface area contributed by atoms with Crippen LogP contribution < -0.4 is 10.6 Å². The summed E-state index contributed by atoms with van der Waals surface area (Å²) in [4.78, 5) is 32.3. The number of nitrogens with one attached hydrogen (secondary N) is 2. The zero-order valence-corrected chi connectivity index (χ0v) is 16.1. The first kappa shape index (κ1) is 23.6. The summed E-state index contributed by atoms with van der Waals surface area (Å²) in [6, 6.07) is 4.13. The predicted octanol–water partition coefficient (Wildman–Crippen LogP) is 0.314. The third-order valence-electron chi connectivity index (χ3n) is 4.14. The van der Waals surface area contributed by atoms with Crippen molar-refractivity contribution in [2.75, 3.05) is 46.4 Å². The van der Waals surface area contributed by atoms with E-state index in [1.54, 1.807) is 13.4 Å². The van der Waals surface area contributed by atoms with Gasteiger partial charge in [0.05, 0.1) is 25.5 Å². The molecule has 158 valence electrons. The Morgan fingerprint density at radius 1 is 1.21 bits per heavy atom. The second-order valence-corrected chi connectivity index (χ2v) is 6.21. The Hall–Kier alpha value is -2.43. The van der Waals surface area contributed by atoms with Gasteiger partial charge in [-0.1, -0.05) is 6.42 Å². The number of carbonyl (C=O) groups is 3. The van der Waals surface area contributed by atoms with Gasteiger partial charge in [0.1, 0.15) is 5.76 Å². The lowest BCUT2D eigenvalue weighted by Crippen LogP contribution is -2.42. The highest BCUT2D eigenvalue weighted by Crippen LogP contribution is 2.24. The molecule has 1 aromatic rings. The number of piperidine rings is 1. The maximum atomic E-state index is 11.7. The normalized spacial score (nSPS) is 15.2. The molecule has 1 atom stereocenters. The molecule has 1 aliphatic heterocycles. The van der Waals surface area contributed by atoms with E-state index < -0.39 is 11.9 Å². The predicted molar refractivity (Wildman–Crippen MR) is 99.9 cm³/mol. The number of methoxy groups -OCH3 is 1. The van der Waals surface area contributed by atoms with Crippen molar-refractivity contribution in [2.45, 2.75) is 25.3 Å². The average molecular weight is 399 g/mol. The van der Waals surface area contributed by atoms with Gasteiger partial charge in [-0.25, -0.2) is 9.59 Å². The molecule has 0 radical (unpaired) electrons. The van der Waals surface area contributed by atoms with E-state index in [1.165, 1.54) is 19.3 Å². The lowest BCUT2D eigenvalue weighted by Gasteiger charge is -2.33. The third kappa shape index (κ3) is 9.49. The zero-order chi connectivity index (χ0) is 20.8. The first-order valence-corrected chi connectivity index (χ1v) is 9.15. The van der Waals surface area contributed by atoms with Crippen LogP contribution in [0.1, 0.15) is 31.1 Å². The summed E-state index contributed by atoms with van der Waals surface area (Å²) >= 11 is 0. The van der Waals surface area contributed by atoms with Gasteiger partial charge in [0, 0.05) is 20.2 Å². The standard InChI is InChI=1S/C16H27N3O3.C2H2O4/c1-21-11-7-18-16(20)13-17-12-14(15-6-5-10-22-15)19-8-3-2-4-9-19;3-1(4)2(5)6/h5-6,10,14,17H,2-4,7-9,11-13H2,1H3,(H,18,20);(H,3,4)(H,5,6). The fourth-order valence-corrected chi connectivity index (χ4v) is 2.80. The summed E-state index contributed by atoms with van der Waals surface area (Å²) < 4.78 is 10.5. The number of furan rings is 1. The van der Waals surface area contributed by atoms with Gasteiger partial charge >= 0.3 is 11.9 Å². The van der Waals surface area contributed by atoms with Crippen LogP contribution in [0.25, 0.3) is 0 Å². The number of ether oxygens (including phenoxy) is 1. The smallest absolute Gasteiger partial charge is 0.414 e. The summed E-state index contributed by atoms with van der Waals surface area (Å²) in [7, 11) is 1.62. The quantitative estimate of drug-likeness (QED) is 0.341. The Balaban J connectivity index is 0.000000568. The molecule has 1 amide bonds. The van der Waals surface area contributed by atoms with Gasteiger partial charge in [-0.3, -0.25) is 9.69 Å². The van der Waals surface area contributed by atoms with Crippen molar-refractivity contribution in [2.24, 2.45) is 0 Å². The monoisotopic (exact) mass is 399 g/mol. The largest absolute Gasteiger partial charge is 0.473 e. The fraction of sp³-hybridized carbons (Fsp3) is 0.611. The number of carboxylic acid groups (broad SMARTS) is 2. The number of hydrogen-bond acceptors (Lipinski definition) is 7. The van der Waals surface area contributed by atoms with E-state index in [4.69, 9.17) is 29.0 Å². The first-order chi connectivity index (χ1) is 13.5. The molecule has 0 saturated carbocycles. The van der Waals surface area contributed by atoms with Crippen molar-refractivity contribution in [1.82, 2.24) is 15.5 Å². The summed E-state index contributed by atoms with van der Waals surface area (Å²) in [6.45, 7) is 4.29. The maximum Gasteiger partial charge on any atom is 0.414 e. The summed E-state index contributed by atoms with van der Waals surface area (Å²) in [5.41, 5.74) is 0. The number of carboxylic acids is 2. The second-order valence-electron chi connectivity index (χ2n) is 6.21. The molecule has 28 heavy (non-hydrogen) atoms. The number of amides is 1. The van der Waals surface area contributed by atoms with Crippen LogP contribution in [0, 0.1) is 0 Å². The van der Waals surface area contributed by atoms with Crippen LogP contribution in [0.5, 0.6) is 0 Å². The molecular formula is C18H29N3O7. The summed E-state index contributed by atoms with van der Waals surface area (Å²) in [5, 5.41) is 20.8. The summed E-state index contributed by atoms with van der Waals surface area (Å²) in [6.07, 6.45) is 5.48. The molecule has 1 aliphatic rings. The molecule has 0 bridgehead atoms. The topological polar surface area (TPSA) is 141 Å². The van der Waals surface area contributed by atoms with E-state index in [2.05, 4.69) is 15.5 Å². The van der Waals surface area contributed by atoms with E-state index in [9.17, 15) is 4.79 Å². The first-order valence-electron chi connectivity index (χ1n) is 9.15. The average Bonchev–Trinajstić information content (AvgIpc) is 3.21. The molecule has 2 heterocycles. The van der Waals surface area contributed by atoms with Crippen molar-refractivity contribution in [3.05, 3.63) is 24.2 Å². The van der Waals surface area contributed by atoms with Gasteiger partial charge in [-0.2, -0.15) is 0 Å². The number of nitrogens with zero attached hydrogens (tertiary/aromatic N) is 1. The van der Waals surface area contributed by atoms with Crippen LogP contribution in [-0.2, 0) is 19.1 Å². The maximum absolute atomic E-state index is 11.7. The van der Waals surface area contributed by atoms with Crippen LogP contribution in [0.3, 0.4) is 0 Å². The minimum Gasteiger partial charge on any atom is -0.473 e. The highest BCUT2D eigenvalue weighted by molar-refractivity contribution is 6.27. The lowest BCUT2D eigenvalue weighted by atomic mass is 10.1. The van der Waals surface area contributed by atoms with E-state index in [0.717, 1.165) is 18.8 Å². The second kappa shape index (κ2) is 13.7.